The van der Waals surface area contributed by atoms with Crippen molar-refractivity contribution in [3.8, 4) is 0 Å². The number of nitrogens with one attached hydrogen (secondary N) is 1. The van der Waals surface area contributed by atoms with Crippen LogP contribution in [-0.4, -0.2) is 30.0 Å². The molecule has 0 atom stereocenters. The number of aryl methyl sites for hydroxylation is 2. The molecule has 0 fully saturated rings. The van der Waals surface area contributed by atoms with Gasteiger partial charge in [0.05, 0.1) is 5.75 Å². The van der Waals surface area contributed by atoms with Gasteiger partial charge in [0, 0.05) is 22.6 Å². The third kappa shape index (κ3) is 6.57. The van der Waals surface area contributed by atoms with E-state index in [0.717, 1.165) is 10.5 Å². The first kappa shape index (κ1) is 20.7. The molecule has 0 saturated heterocycles. The van der Waals surface area contributed by atoms with Crippen molar-refractivity contribution in [2.45, 2.75) is 32.1 Å². The highest BCUT2D eigenvalue weighted by Crippen LogP contribution is 2.23. The van der Waals surface area contributed by atoms with Crippen molar-refractivity contribution in [2.75, 3.05) is 17.7 Å². The third-order valence-electron chi connectivity index (χ3n) is 3.85. The zero-order chi connectivity index (χ0) is 19.8. The van der Waals surface area contributed by atoms with E-state index >= 15 is 0 Å². The average Bonchev–Trinajstić information content (AvgIpc) is 2.65. The number of hydrogen-bond donors (Lipinski definition) is 1. The van der Waals surface area contributed by atoms with Gasteiger partial charge in [-0.15, -0.1) is 11.8 Å². The molecular weight excluding hydrogens is 362 g/mol. The fourth-order valence-corrected chi connectivity index (χ4v) is 3.17. The zero-order valence-corrected chi connectivity index (χ0v) is 16.5. The maximum atomic E-state index is 12.1. The molecule has 0 aliphatic heterocycles. The molecule has 2 aromatic carbocycles. The van der Waals surface area contributed by atoms with Crippen LogP contribution in [-0.2, 0) is 14.3 Å². The Hall–Kier alpha value is -2.60. The molecule has 27 heavy (non-hydrogen) atoms. The van der Waals surface area contributed by atoms with Gasteiger partial charge >= 0.3 is 5.97 Å². The summed E-state index contributed by atoms with van der Waals surface area (Å²) in [4.78, 5) is 36.4. The van der Waals surface area contributed by atoms with Gasteiger partial charge in [0.2, 0.25) is 5.91 Å². The normalized spacial score (nSPS) is 10.3. The lowest BCUT2D eigenvalue weighted by Crippen LogP contribution is -2.15. The fraction of sp³-hybridized carbons (Fsp3) is 0.286. The van der Waals surface area contributed by atoms with E-state index in [0.29, 0.717) is 17.7 Å². The summed E-state index contributed by atoms with van der Waals surface area (Å²) in [5, 5.41) is 2.71. The Labute approximate surface area is 163 Å². The molecule has 0 unspecified atom stereocenters. The molecule has 142 valence electrons. The van der Waals surface area contributed by atoms with E-state index in [2.05, 4.69) is 11.4 Å². The maximum absolute atomic E-state index is 12.1. The van der Waals surface area contributed by atoms with E-state index < -0.39 is 5.97 Å². The molecule has 0 saturated carbocycles. The first-order chi connectivity index (χ1) is 12.9. The molecule has 0 bridgehead atoms. The van der Waals surface area contributed by atoms with Crippen LogP contribution in [0.3, 0.4) is 0 Å². The summed E-state index contributed by atoms with van der Waals surface area (Å²) in [5.41, 5.74) is 3.34. The number of ketones is 1. The number of benzene rings is 2. The predicted molar refractivity (Wildman–Crippen MR) is 107 cm³/mol. The second kappa shape index (κ2) is 9.92. The molecule has 2 aromatic rings. The fourth-order valence-electron chi connectivity index (χ4n) is 2.36. The number of hydrogen-bond acceptors (Lipinski definition) is 5. The molecule has 0 aliphatic carbocycles. The van der Waals surface area contributed by atoms with Crippen LogP contribution in [0.5, 0.6) is 0 Å². The summed E-state index contributed by atoms with van der Waals surface area (Å²) in [7, 11) is 0. The lowest BCUT2D eigenvalue weighted by atomic mass is 10.1. The first-order valence-corrected chi connectivity index (χ1v) is 9.66. The van der Waals surface area contributed by atoms with Gasteiger partial charge in [-0.05, 0) is 49.7 Å². The quantitative estimate of drug-likeness (QED) is 0.419. The Morgan fingerprint density at radius 1 is 1.04 bits per heavy atom. The number of carbonyl (C=O) groups is 3. The number of ether oxygens (including phenoxy) is 1. The Morgan fingerprint density at radius 3 is 2.37 bits per heavy atom. The second-order valence-corrected chi connectivity index (χ2v) is 7.14. The molecule has 2 rings (SSSR count). The minimum Gasteiger partial charge on any atom is -0.457 e. The largest absolute Gasteiger partial charge is 0.457 e. The highest BCUT2D eigenvalue weighted by molar-refractivity contribution is 8.00. The number of thioether (sulfide) groups is 1. The van der Waals surface area contributed by atoms with Gasteiger partial charge in [0.1, 0.15) is 0 Å². The van der Waals surface area contributed by atoms with Crippen LogP contribution in [0.2, 0.25) is 0 Å². The molecular formula is C21H23NO4S. The predicted octanol–water partition coefficient (Wildman–Crippen LogP) is 4.17. The van der Waals surface area contributed by atoms with E-state index in [1.807, 2.05) is 26.0 Å². The number of Topliss-reactive ketones (excluding diaryl/α,β-unsaturated/α-hetero) is 1. The number of rotatable bonds is 8. The Bertz CT molecular complexity index is 831. The maximum Gasteiger partial charge on any atom is 0.316 e. The van der Waals surface area contributed by atoms with Crippen LogP contribution in [0.15, 0.2) is 47.4 Å². The standard InChI is InChI=1S/C21H23NO4S/c1-4-20(24)22-17-8-6-16(7-9-17)18(23)12-26-21(25)13-27-19-10-5-14(2)11-15(19)3/h5-11H,4,12-13H2,1-3H3,(H,22,24). The molecule has 0 heterocycles. The number of amides is 1. The Balaban J connectivity index is 1.80. The zero-order valence-electron chi connectivity index (χ0n) is 15.7. The average molecular weight is 385 g/mol. The van der Waals surface area contributed by atoms with Crippen LogP contribution in [0, 0.1) is 13.8 Å². The second-order valence-electron chi connectivity index (χ2n) is 6.12. The van der Waals surface area contributed by atoms with E-state index in [4.69, 9.17) is 4.74 Å². The Kier molecular flexibility index (Phi) is 7.61. The Morgan fingerprint density at radius 2 is 1.74 bits per heavy atom. The van der Waals surface area contributed by atoms with Crippen LogP contribution in [0.25, 0.3) is 0 Å². The molecule has 1 amide bonds. The van der Waals surface area contributed by atoms with Crippen LogP contribution in [0.4, 0.5) is 5.69 Å². The SMILES string of the molecule is CCC(=O)Nc1ccc(C(=O)COC(=O)CSc2ccc(C)cc2C)cc1. The van der Waals surface area contributed by atoms with Gasteiger partial charge in [0.25, 0.3) is 0 Å². The first-order valence-electron chi connectivity index (χ1n) is 8.68. The lowest BCUT2D eigenvalue weighted by molar-refractivity contribution is -0.139. The number of anilines is 1. The van der Waals surface area contributed by atoms with Gasteiger partial charge in [-0.25, -0.2) is 0 Å². The van der Waals surface area contributed by atoms with Crippen molar-refractivity contribution in [3.63, 3.8) is 0 Å². The summed E-state index contributed by atoms with van der Waals surface area (Å²) in [6.45, 7) is 5.48. The van der Waals surface area contributed by atoms with E-state index in [9.17, 15) is 14.4 Å². The summed E-state index contributed by atoms with van der Waals surface area (Å²) < 4.78 is 5.08. The topological polar surface area (TPSA) is 72.5 Å². The molecule has 1 N–H and O–H groups in total. The smallest absolute Gasteiger partial charge is 0.316 e. The van der Waals surface area contributed by atoms with Gasteiger partial charge in [-0.1, -0.05) is 24.6 Å². The van der Waals surface area contributed by atoms with Crippen LogP contribution >= 0.6 is 11.8 Å². The molecule has 0 radical (unpaired) electrons. The van der Waals surface area contributed by atoms with Gasteiger partial charge in [0.15, 0.2) is 12.4 Å². The van der Waals surface area contributed by atoms with Crippen LogP contribution in [0.1, 0.15) is 34.8 Å². The van der Waals surface area contributed by atoms with Crippen molar-refractivity contribution < 1.29 is 19.1 Å². The molecule has 6 heteroatoms. The van der Waals surface area contributed by atoms with E-state index in [-0.39, 0.29) is 24.1 Å². The molecule has 5 nitrogen and oxygen atoms in total. The van der Waals surface area contributed by atoms with Crippen molar-refractivity contribution in [1.82, 2.24) is 0 Å². The minimum atomic E-state index is -0.430. The lowest BCUT2D eigenvalue weighted by Gasteiger charge is -2.08. The monoisotopic (exact) mass is 385 g/mol. The molecule has 0 aromatic heterocycles. The summed E-state index contributed by atoms with van der Waals surface area (Å²) >= 11 is 1.40. The molecule has 0 aliphatic rings. The molecule has 0 spiro atoms. The van der Waals surface area contributed by atoms with Crippen LogP contribution < -0.4 is 5.32 Å². The third-order valence-corrected chi connectivity index (χ3v) is 5.00. The van der Waals surface area contributed by atoms with Crippen molar-refractivity contribution in [3.05, 3.63) is 59.2 Å². The van der Waals surface area contributed by atoms with Crippen molar-refractivity contribution in [2.24, 2.45) is 0 Å². The highest BCUT2D eigenvalue weighted by atomic mass is 32.2. The van der Waals surface area contributed by atoms with Crippen molar-refractivity contribution >= 4 is 35.1 Å². The van der Waals surface area contributed by atoms with Gasteiger partial charge in [-0.2, -0.15) is 0 Å². The number of carbonyl (C=O) groups excluding carboxylic acids is 3. The number of esters is 1. The summed E-state index contributed by atoms with van der Waals surface area (Å²) in [6.07, 6.45) is 0.386. The van der Waals surface area contributed by atoms with E-state index in [1.165, 1.54) is 17.3 Å². The van der Waals surface area contributed by atoms with Crippen molar-refractivity contribution in [1.29, 1.82) is 0 Å². The van der Waals surface area contributed by atoms with E-state index in [1.54, 1.807) is 31.2 Å². The summed E-state index contributed by atoms with van der Waals surface area (Å²) in [6, 6.07) is 12.5. The highest BCUT2D eigenvalue weighted by Gasteiger charge is 2.11. The van der Waals surface area contributed by atoms with Gasteiger partial charge in [-0.3, -0.25) is 14.4 Å². The van der Waals surface area contributed by atoms with Gasteiger partial charge < -0.3 is 10.1 Å². The minimum absolute atomic E-state index is 0.0932. The summed E-state index contributed by atoms with van der Waals surface area (Å²) in [5.74, 6) is -0.656.